The van der Waals surface area contributed by atoms with E-state index in [1.807, 2.05) is 0 Å². The van der Waals surface area contributed by atoms with Gasteiger partial charge in [-0.15, -0.1) is 0 Å². The topological polar surface area (TPSA) is 135 Å². The molecule has 392 valence electrons. The Labute approximate surface area is 407 Å². The Hall–Kier alpha value is -1.07. The molecule has 0 bridgehead atoms. The third kappa shape index (κ3) is 38.7. The van der Waals surface area contributed by atoms with Crippen LogP contribution in [0.1, 0.15) is 284 Å². The van der Waals surface area contributed by atoms with Crippen molar-refractivity contribution in [2.24, 2.45) is 0 Å². The maximum Gasteiger partial charge on any atom is 0.306 e. The van der Waals surface area contributed by atoms with Crippen molar-refractivity contribution in [2.45, 2.75) is 320 Å². The van der Waals surface area contributed by atoms with Gasteiger partial charge < -0.3 is 39.4 Å². The van der Waals surface area contributed by atoms with E-state index in [4.69, 9.17) is 18.9 Å². The molecule has 1 rings (SSSR count). The third-order valence-corrected chi connectivity index (χ3v) is 13.7. The number of esters is 1. The summed E-state index contributed by atoms with van der Waals surface area (Å²) < 4.78 is 23.0. The van der Waals surface area contributed by atoms with Gasteiger partial charge in [0.15, 0.2) is 6.29 Å². The van der Waals surface area contributed by atoms with E-state index >= 15 is 0 Å². The van der Waals surface area contributed by atoms with Crippen LogP contribution in [-0.4, -0.2) is 89.6 Å². The smallest absolute Gasteiger partial charge is 0.306 e. The molecule has 6 unspecified atom stereocenters. The van der Waals surface area contributed by atoms with Gasteiger partial charge in [0.05, 0.1) is 19.8 Å². The molecular weight excluding hydrogens is 829 g/mol. The van der Waals surface area contributed by atoms with E-state index in [1.54, 1.807) is 0 Å². The van der Waals surface area contributed by atoms with Crippen LogP contribution in [0.15, 0.2) is 12.2 Å². The Kier molecular flexibility index (Phi) is 46.7. The summed E-state index contributed by atoms with van der Waals surface area (Å²) in [6.45, 7) is 4.63. The minimum absolute atomic E-state index is 0.107. The van der Waals surface area contributed by atoms with Gasteiger partial charge in [-0.1, -0.05) is 251 Å². The second kappa shape index (κ2) is 48.9. The molecule has 1 heterocycles. The molecule has 0 aromatic carbocycles. The number of hydrogen-bond acceptors (Lipinski definition) is 9. The molecule has 9 nitrogen and oxygen atoms in total. The largest absolute Gasteiger partial charge is 0.457 e. The fourth-order valence-corrected chi connectivity index (χ4v) is 9.20. The third-order valence-electron chi connectivity index (χ3n) is 13.7. The summed E-state index contributed by atoms with van der Waals surface area (Å²) >= 11 is 0. The molecule has 1 aliphatic heterocycles. The summed E-state index contributed by atoms with van der Waals surface area (Å²) in [6.07, 6.45) is 51.2. The first-order valence-electron chi connectivity index (χ1n) is 28.8. The van der Waals surface area contributed by atoms with Crippen LogP contribution in [0, 0.1) is 0 Å². The van der Waals surface area contributed by atoms with Crippen molar-refractivity contribution < 1.29 is 44.2 Å². The summed E-state index contributed by atoms with van der Waals surface area (Å²) in [5, 5.41) is 40.3. The molecule has 0 aromatic heterocycles. The van der Waals surface area contributed by atoms with E-state index in [2.05, 4.69) is 26.0 Å². The first kappa shape index (κ1) is 62.9. The van der Waals surface area contributed by atoms with Gasteiger partial charge in [0.25, 0.3) is 0 Å². The molecule has 0 radical (unpaired) electrons. The van der Waals surface area contributed by atoms with Crippen LogP contribution >= 0.6 is 0 Å². The zero-order valence-electron chi connectivity index (χ0n) is 43.5. The van der Waals surface area contributed by atoms with Gasteiger partial charge in [0, 0.05) is 13.0 Å². The number of hydrogen-bond donors (Lipinski definition) is 4. The number of carbonyl (C=O) groups excluding carboxylic acids is 1. The number of aliphatic hydroxyl groups excluding tert-OH is 4. The van der Waals surface area contributed by atoms with E-state index in [9.17, 15) is 25.2 Å². The van der Waals surface area contributed by atoms with E-state index in [-0.39, 0.29) is 19.2 Å². The lowest BCUT2D eigenvalue weighted by Crippen LogP contribution is -2.59. The van der Waals surface area contributed by atoms with Crippen molar-refractivity contribution in [3.05, 3.63) is 12.2 Å². The van der Waals surface area contributed by atoms with Crippen molar-refractivity contribution in [1.82, 2.24) is 0 Å². The van der Waals surface area contributed by atoms with Gasteiger partial charge in [-0.2, -0.15) is 0 Å². The van der Waals surface area contributed by atoms with Crippen molar-refractivity contribution in [1.29, 1.82) is 0 Å². The molecule has 6 atom stereocenters. The summed E-state index contributed by atoms with van der Waals surface area (Å²) in [4.78, 5) is 12.9. The first-order chi connectivity index (χ1) is 32.4. The molecule has 1 fully saturated rings. The van der Waals surface area contributed by atoms with Crippen molar-refractivity contribution >= 4 is 5.97 Å². The lowest BCUT2D eigenvalue weighted by atomic mass is 9.99. The zero-order chi connectivity index (χ0) is 47.8. The maximum absolute atomic E-state index is 12.9. The maximum atomic E-state index is 12.9. The quantitative estimate of drug-likeness (QED) is 0.0267. The van der Waals surface area contributed by atoms with Gasteiger partial charge in [-0.3, -0.25) is 4.79 Å². The van der Waals surface area contributed by atoms with Gasteiger partial charge in [0.2, 0.25) is 0 Å². The Morgan fingerprint density at radius 3 is 1.23 bits per heavy atom. The average Bonchev–Trinajstić information content (AvgIpc) is 3.32. The van der Waals surface area contributed by atoms with E-state index in [0.717, 1.165) is 32.1 Å². The predicted molar refractivity (Wildman–Crippen MR) is 275 cm³/mol. The van der Waals surface area contributed by atoms with Gasteiger partial charge in [-0.05, 0) is 38.5 Å². The number of ether oxygens (including phenoxy) is 4. The SMILES string of the molecule is CCCCCCCCCC/C=C\CCCCCCCCCCCCCCCC(=O)OC(COCCCCCCCCCCCCCCCCCCCC)COC1OC(CO)C(O)C(O)C1O. The molecule has 1 aliphatic rings. The molecule has 9 heteroatoms. The normalized spacial score (nSPS) is 19.3. The Morgan fingerprint density at radius 2 is 0.833 bits per heavy atom. The monoisotopic (exact) mass is 939 g/mol. The number of carbonyl (C=O) groups is 1. The fraction of sp³-hybridized carbons (Fsp3) is 0.947. The number of allylic oxidation sites excluding steroid dienone is 2. The molecule has 0 amide bonds. The minimum Gasteiger partial charge on any atom is -0.457 e. The first-order valence-corrected chi connectivity index (χ1v) is 28.8. The highest BCUT2D eigenvalue weighted by atomic mass is 16.7. The van der Waals surface area contributed by atoms with Crippen molar-refractivity contribution in [3.63, 3.8) is 0 Å². The number of rotatable bonds is 51. The molecule has 1 saturated heterocycles. The second-order valence-corrected chi connectivity index (χ2v) is 20.1. The van der Waals surface area contributed by atoms with E-state index in [0.29, 0.717) is 13.0 Å². The Morgan fingerprint density at radius 1 is 0.470 bits per heavy atom. The van der Waals surface area contributed by atoms with Crippen LogP contribution < -0.4 is 0 Å². The van der Waals surface area contributed by atoms with Gasteiger partial charge >= 0.3 is 5.97 Å². The minimum atomic E-state index is -1.53. The van der Waals surface area contributed by atoms with Crippen LogP contribution in [0.2, 0.25) is 0 Å². The standard InChI is InChI=1S/C57H110O9/c1-3-5-7-9-11-13-15-17-19-21-23-24-25-26-27-28-29-30-32-34-36-38-40-42-44-46-53(59)65-51(50-64-57-56(62)55(61)54(60)52(48-58)66-57)49-63-47-45-43-41-39-37-35-33-31-22-20-18-16-14-12-10-8-6-4-2/h21,23,51-52,54-58,60-62H,3-20,22,24-50H2,1-2H3/b23-21-. The molecule has 0 saturated carbocycles. The number of unbranched alkanes of at least 4 members (excludes halogenated alkanes) is 38. The zero-order valence-corrected chi connectivity index (χ0v) is 43.5. The summed E-state index contributed by atoms with van der Waals surface area (Å²) in [5.41, 5.74) is 0. The Balaban J connectivity index is 2.13. The predicted octanol–water partition coefficient (Wildman–Crippen LogP) is 14.7. The van der Waals surface area contributed by atoms with Crippen LogP contribution in [-0.2, 0) is 23.7 Å². The van der Waals surface area contributed by atoms with Gasteiger partial charge in [-0.25, -0.2) is 0 Å². The molecule has 0 aromatic rings. The van der Waals surface area contributed by atoms with Crippen LogP contribution in [0.25, 0.3) is 0 Å². The molecular formula is C57H110O9. The summed E-state index contributed by atoms with van der Waals surface area (Å²) in [5.74, 6) is -0.306. The van der Waals surface area contributed by atoms with Crippen LogP contribution in [0.4, 0.5) is 0 Å². The van der Waals surface area contributed by atoms with Crippen LogP contribution in [0.5, 0.6) is 0 Å². The van der Waals surface area contributed by atoms with Crippen molar-refractivity contribution in [3.8, 4) is 0 Å². The highest BCUT2D eigenvalue weighted by Gasteiger charge is 2.44. The summed E-state index contributed by atoms with van der Waals surface area (Å²) in [7, 11) is 0. The molecule has 0 spiro atoms. The van der Waals surface area contributed by atoms with Gasteiger partial charge in [0.1, 0.15) is 30.5 Å². The average molecular weight is 939 g/mol. The molecule has 66 heavy (non-hydrogen) atoms. The van der Waals surface area contributed by atoms with E-state index in [1.165, 1.54) is 231 Å². The highest BCUT2D eigenvalue weighted by Crippen LogP contribution is 2.23. The summed E-state index contributed by atoms with van der Waals surface area (Å²) in [6, 6.07) is 0. The lowest BCUT2D eigenvalue weighted by molar-refractivity contribution is -0.305. The van der Waals surface area contributed by atoms with E-state index < -0.39 is 43.4 Å². The molecule has 4 N–H and O–H groups in total. The molecule has 0 aliphatic carbocycles. The van der Waals surface area contributed by atoms with Crippen LogP contribution in [0.3, 0.4) is 0 Å². The fourth-order valence-electron chi connectivity index (χ4n) is 9.20. The Bertz CT molecular complexity index is 1020. The lowest BCUT2D eigenvalue weighted by Gasteiger charge is -2.39. The number of aliphatic hydroxyl groups is 4. The highest BCUT2D eigenvalue weighted by molar-refractivity contribution is 5.69. The van der Waals surface area contributed by atoms with Crippen molar-refractivity contribution in [2.75, 3.05) is 26.4 Å². The second-order valence-electron chi connectivity index (χ2n) is 20.1.